The molecular formula is C11H10ClN5O4. The van der Waals surface area contributed by atoms with Crippen LogP contribution in [-0.4, -0.2) is 22.0 Å². The van der Waals surface area contributed by atoms with Crippen molar-refractivity contribution in [3.05, 3.63) is 39.7 Å². The number of anilines is 1. The molecule has 10 heteroatoms. The number of nitrogen functional groups attached to an aromatic ring is 1. The van der Waals surface area contributed by atoms with E-state index in [1.165, 1.54) is 31.6 Å². The van der Waals surface area contributed by atoms with E-state index in [2.05, 4.69) is 15.4 Å². The Morgan fingerprint density at radius 2 is 2.19 bits per heavy atom. The monoisotopic (exact) mass is 311 g/mol. The van der Waals surface area contributed by atoms with Gasteiger partial charge in [-0.3, -0.25) is 10.1 Å². The quantitative estimate of drug-likeness (QED) is 0.488. The topological polar surface area (TPSA) is 125 Å². The molecular weight excluding hydrogens is 302 g/mol. The molecule has 0 saturated heterocycles. The molecule has 0 spiro atoms. The van der Waals surface area contributed by atoms with Crippen molar-refractivity contribution < 1.29 is 14.4 Å². The first-order valence-electron chi connectivity index (χ1n) is 5.54. The van der Waals surface area contributed by atoms with Crippen LogP contribution in [-0.2, 0) is 0 Å². The maximum Gasteiger partial charge on any atom is 0.313 e. The van der Waals surface area contributed by atoms with Gasteiger partial charge in [-0.1, -0.05) is 11.6 Å². The van der Waals surface area contributed by atoms with E-state index in [1.54, 1.807) is 0 Å². The number of hydrogen-bond donors (Lipinski definition) is 2. The lowest BCUT2D eigenvalue weighted by Gasteiger charge is -2.11. The Morgan fingerprint density at radius 3 is 2.81 bits per heavy atom. The largest absolute Gasteiger partial charge is 0.489 e. The third kappa shape index (κ3) is 3.09. The van der Waals surface area contributed by atoms with Gasteiger partial charge in [-0.15, -0.1) is 0 Å². The molecule has 0 unspecified atom stereocenters. The van der Waals surface area contributed by atoms with Crippen LogP contribution < -0.4 is 20.7 Å². The van der Waals surface area contributed by atoms with E-state index in [0.717, 1.165) is 0 Å². The van der Waals surface area contributed by atoms with Gasteiger partial charge in [0, 0.05) is 11.1 Å². The van der Waals surface area contributed by atoms with E-state index in [0.29, 0.717) is 0 Å². The van der Waals surface area contributed by atoms with Gasteiger partial charge < -0.3 is 14.9 Å². The first kappa shape index (κ1) is 14.8. The third-order valence-corrected chi connectivity index (χ3v) is 2.67. The minimum atomic E-state index is -0.614. The number of nitrogens with zero attached hydrogens (tertiary/aromatic N) is 3. The highest BCUT2D eigenvalue weighted by Gasteiger charge is 2.20. The van der Waals surface area contributed by atoms with Crippen molar-refractivity contribution in [2.75, 3.05) is 12.5 Å². The summed E-state index contributed by atoms with van der Waals surface area (Å²) in [6.45, 7) is 0. The van der Waals surface area contributed by atoms with E-state index in [9.17, 15) is 10.1 Å². The van der Waals surface area contributed by atoms with Crippen LogP contribution >= 0.6 is 11.6 Å². The molecule has 0 aliphatic heterocycles. The number of nitro groups is 1. The fraction of sp³-hybridized carbons (Fsp3) is 0.0909. The number of hydrogen-bond acceptors (Lipinski definition) is 8. The van der Waals surface area contributed by atoms with Gasteiger partial charge in [0.25, 0.3) is 5.88 Å². The minimum Gasteiger partial charge on any atom is -0.489 e. The van der Waals surface area contributed by atoms with Crippen LogP contribution in [0, 0.1) is 10.1 Å². The third-order valence-electron chi connectivity index (χ3n) is 2.44. The second-order valence-corrected chi connectivity index (χ2v) is 4.11. The zero-order valence-electron chi connectivity index (χ0n) is 10.7. The molecule has 0 radical (unpaired) electrons. The van der Waals surface area contributed by atoms with Gasteiger partial charge in [-0.2, -0.15) is 4.98 Å². The van der Waals surface area contributed by atoms with Crippen LogP contribution in [0.5, 0.6) is 17.4 Å². The Hall–Kier alpha value is -2.65. The highest BCUT2D eigenvalue weighted by molar-refractivity contribution is 6.30. The lowest BCUT2D eigenvalue weighted by Crippen LogP contribution is -2.11. The number of nitro benzene ring substituents is 1. The number of hydrazine groups is 1. The summed E-state index contributed by atoms with van der Waals surface area (Å²) in [5, 5.41) is 11.2. The number of methoxy groups -OCH3 is 1. The first-order valence-corrected chi connectivity index (χ1v) is 5.92. The molecule has 21 heavy (non-hydrogen) atoms. The number of benzene rings is 1. The van der Waals surface area contributed by atoms with Gasteiger partial charge in [0.15, 0.2) is 5.82 Å². The molecule has 1 aromatic carbocycles. The van der Waals surface area contributed by atoms with Crippen LogP contribution in [0.3, 0.4) is 0 Å². The number of ether oxygens (including phenoxy) is 2. The highest BCUT2D eigenvalue weighted by Crippen LogP contribution is 2.38. The fourth-order valence-electron chi connectivity index (χ4n) is 1.54. The molecule has 0 aliphatic carbocycles. The van der Waals surface area contributed by atoms with Crippen molar-refractivity contribution in [1.29, 1.82) is 0 Å². The van der Waals surface area contributed by atoms with Crippen LogP contribution in [0.2, 0.25) is 5.02 Å². The van der Waals surface area contributed by atoms with Crippen molar-refractivity contribution in [1.82, 2.24) is 9.97 Å². The van der Waals surface area contributed by atoms with E-state index in [4.69, 9.17) is 26.9 Å². The molecule has 1 heterocycles. The lowest BCUT2D eigenvalue weighted by molar-refractivity contribution is -0.385. The van der Waals surface area contributed by atoms with Gasteiger partial charge in [0.05, 0.1) is 12.0 Å². The van der Waals surface area contributed by atoms with Gasteiger partial charge >= 0.3 is 5.69 Å². The van der Waals surface area contributed by atoms with E-state index >= 15 is 0 Å². The SMILES string of the molecule is COc1c(NN)ncnc1Oc1ccc(Cl)cc1[N+](=O)[O-]. The van der Waals surface area contributed by atoms with Crippen molar-refractivity contribution in [3.63, 3.8) is 0 Å². The molecule has 3 N–H and O–H groups in total. The molecule has 0 amide bonds. The molecule has 2 rings (SSSR count). The molecule has 0 saturated carbocycles. The highest BCUT2D eigenvalue weighted by atomic mass is 35.5. The number of rotatable bonds is 5. The Labute approximate surface area is 123 Å². The Balaban J connectivity index is 2.46. The summed E-state index contributed by atoms with van der Waals surface area (Å²) < 4.78 is 10.5. The smallest absolute Gasteiger partial charge is 0.313 e. The average Bonchev–Trinajstić information content (AvgIpc) is 2.48. The van der Waals surface area contributed by atoms with Crippen molar-refractivity contribution in [2.24, 2.45) is 5.84 Å². The van der Waals surface area contributed by atoms with Gasteiger partial charge in [0.1, 0.15) is 6.33 Å². The van der Waals surface area contributed by atoms with Gasteiger partial charge in [0.2, 0.25) is 11.5 Å². The fourth-order valence-corrected chi connectivity index (χ4v) is 1.71. The summed E-state index contributed by atoms with van der Waals surface area (Å²) in [6.07, 6.45) is 1.18. The van der Waals surface area contributed by atoms with E-state index in [1.807, 2.05) is 0 Å². The molecule has 0 fully saturated rings. The van der Waals surface area contributed by atoms with Crippen LogP contribution in [0.4, 0.5) is 11.5 Å². The van der Waals surface area contributed by atoms with E-state index in [-0.39, 0.29) is 33.9 Å². The molecule has 110 valence electrons. The zero-order valence-corrected chi connectivity index (χ0v) is 11.5. The van der Waals surface area contributed by atoms with Gasteiger partial charge in [-0.25, -0.2) is 10.8 Å². The van der Waals surface area contributed by atoms with Gasteiger partial charge in [-0.05, 0) is 12.1 Å². The first-order chi connectivity index (χ1) is 10.1. The van der Waals surface area contributed by atoms with Crippen LogP contribution in [0.1, 0.15) is 0 Å². The summed E-state index contributed by atoms with van der Waals surface area (Å²) in [7, 11) is 1.36. The second-order valence-electron chi connectivity index (χ2n) is 3.68. The summed E-state index contributed by atoms with van der Waals surface area (Å²) in [6, 6.07) is 3.99. The molecule has 0 aliphatic rings. The number of halogens is 1. The summed E-state index contributed by atoms with van der Waals surface area (Å²) in [5.41, 5.74) is 2.01. The second kappa shape index (κ2) is 6.20. The molecule has 1 aromatic heterocycles. The Bertz CT molecular complexity index is 682. The van der Waals surface area contributed by atoms with Crippen LogP contribution in [0.15, 0.2) is 24.5 Å². The molecule has 0 atom stereocenters. The van der Waals surface area contributed by atoms with Crippen LogP contribution in [0.25, 0.3) is 0 Å². The molecule has 9 nitrogen and oxygen atoms in total. The average molecular weight is 312 g/mol. The molecule has 0 bridgehead atoms. The lowest BCUT2D eigenvalue weighted by atomic mass is 10.3. The maximum atomic E-state index is 11.0. The molecule has 2 aromatic rings. The Morgan fingerprint density at radius 1 is 1.43 bits per heavy atom. The predicted octanol–water partition coefficient (Wildman–Crippen LogP) is 2.12. The number of nitrogens with two attached hydrogens (primary N) is 1. The van der Waals surface area contributed by atoms with Crippen molar-refractivity contribution in [2.45, 2.75) is 0 Å². The maximum absolute atomic E-state index is 11.0. The van der Waals surface area contributed by atoms with Crippen molar-refractivity contribution in [3.8, 4) is 17.4 Å². The summed E-state index contributed by atoms with van der Waals surface area (Å²) in [5.74, 6) is 5.52. The predicted molar refractivity (Wildman–Crippen MR) is 74.6 cm³/mol. The van der Waals surface area contributed by atoms with Crippen molar-refractivity contribution >= 4 is 23.1 Å². The number of nitrogens with one attached hydrogen (secondary N) is 1. The minimum absolute atomic E-state index is 0.0223. The Kier molecular flexibility index (Phi) is 4.36. The standard InChI is InChI=1S/C11H10ClN5O4/c1-20-9-10(16-13)14-5-15-11(9)21-8-3-2-6(12)4-7(8)17(18)19/h2-5H,13H2,1H3,(H,14,15,16). The zero-order chi connectivity index (χ0) is 15.4. The number of aromatic nitrogens is 2. The summed E-state index contributed by atoms with van der Waals surface area (Å²) in [4.78, 5) is 18.1. The summed E-state index contributed by atoms with van der Waals surface area (Å²) >= 11 is 5.73. The van der Waals surface area contributed by atoms with E-state index < -0.39 is 4.92 Å². The normalized spacial score (nSPS) is 10.0.